The van der Waals surface area contributed by atoms with Crippen molar-refractivity contribution in [2.75, 3.05) is 12.0 Å². The third kappa shape index (κ3) is 5.10. The summed E-state index contributed by atoms with van der Waals surface area (Å²) in [6.07, 6.45) is 11.5. The molecule has 1 amide bonds. The number of hydrogen-bond donors (Lipinski definition) is 4. The van der Waals surface area contributed by atoms with Gasteiger partial charge in [0.1, 0.15) is 6.04 Å². The number of carbonyl (C=O) groups is 2. The summed E-state index contributed by atoms with van der Waals surface area (Å²) >= 11 is 1.58. The highest BCUT2D eigenvalue weighted by Crippen LogP contribution is 2.68. The van der Waals surface area contributed by atoms with Crippen molar-refractivity contribution >= 4 is 23.6 Å². The molecule has 4 aliphatic rings. The molecule has 0 spiro atoms. The first-order chi connectivity index (χ1) is 17.0. The summed E-state index contributed by atoms with van der Waals surface area (Å²) in [5.74, 6) is 2.57. The Labute approximate surface area is 221 Å². The molecule has 4 N–H and O–H groups in total. The minimum Gasteiger partial charge on any atom is -0.480 e. The van der Waals surface area contributed by atoms with Gasteiger partial charge in [0.2, 0.25) is 5.91 Å². The van der Waals surface area contributed by atoms with Crippen molar-refractivity contribution in [3.63, 3.8) is 0 Å². The fourth-order valence-corrected chi connectivity index (χ4v) is 9.95. The number of hydrogen-bond acceptors (Lipinski definition) is 5. The predicted molar refractivity (Wildman–Crippen MR) is 144 cm³/mol. The van der Waals surface area contributed by atoms with Crippen LogP contribution >= 0.6 is 11.8 Å². The molecule has 4 saturated carbocycles. The van der Waals surface area contributed by atoms with Gasteiger partial charge in [-0.3, -0.25) is 4.79 Å². The van der Waals surface area contributed by atoms with Gasteiger partial charge in [0.05, 0.1) is 12.2 Å². The fraction of sp³-hybridized carbons (Fsp3) is 0.931. The van der Waals surface area contributed by atoms with Gasteiger partial charge in [-0.2, -0.15) is 11.8 Å². The molecule has 36 heavy (non-hydrogen) atoms. The Morgan fingerprint density at radius 1 is 1.03 bits per heavy atom. The van der Waals surface area contributed by atoms with Crippen molar-refractivity contribution in [2.24, 2.45) is 46.3 Å². The number of thioether (sulfide) groups is 1. The van der Waals surface area contributed by atoms with E-state index in [-0.39, 0.29) is 28.9 Å². The summed E-state index contributed by atoms with van der Waals surface area (Å²) in [7, 11) is 0. The van der Waals surface area contributed by atoms with Crippen molar-refractivity contribution < 1.29 is 24.9 Å². The highest BCUT2D eigenvalue weighted by Gasteiger charge is 2.63. The number of aliphatic hydroxyl groups excluding tert-OH is 2. The lowest BCUT2D eigenvalue weighted by atomic mass is 9.43. The van der Waals surface area contributed by atoms with Crippen LogP contribution in [0, 0.1) is 46.3 Å². The fourth-order valence-electron chi connectivity index (χ4n) is 9.48. The monoisotopic (exact) mass is 523 g/mol. The van der Waals surface area contributed by atoms with Crippen LogP contribution in [0.2, 0.25) is 0 Å². The maximum absolute atomic E-state index is 12.6. The quantitative estimate of drug-likeness (QED) is 0.349. The summed E-state index contributed by atoms with van der Waals surface area (Å²) in [5, 5.41) is 34.1. The van der Waals surface area contributed by atoms with Crippen LogP contribution < -0.4 is 5.32 Å². The highest BCUT2D eigenvalue weighted by atomic mass is 32.2. The third-order valence-corrected chi connectivity index (χ3v) is 12.2. The molecule has 4 rings (SSSR count). The number of carboxylic acid groups (broad SMARTS) is 1. The predicted octanol–water partition coefficient (Wildman–Crippen LogP) is 4.72. The summed E-state index contributed by atoms with van der Waals surface area (Å²) in [4.78, 5) is 24.1. The van der Waals surface area contributed by atoms with E-state index in [9.17, 15) is 24.9 Å². The first kappa shape index (κ1) is 28.2. The molecule has 0 saturated heterocycles. The van der Waals surface area contributed by atoms with E-state index in [0.717, 1.165) is 44.9 Å². The number of rotatable bonds is 9. The number of aliphatic hydroxyl groups is 2. The normalized spacial score (nSPS) is 43.6. The summed E-state index contributed by atoms with van der Waals surface area (Å²) < 4.78 is 0. The second-order valence-corrected chi connectivity index (χ2v) is 14.1. The van der Waals surface area contributed by atoms with Crippen molar-refractivity contribution in [3.05, 3.63) is 0 Å². The first-order valence-electron chi connectivity index (χ1n) is 14.4. The zero-order valence-electron chi connectivity index (χ0n) is 22.7. The smallest absolute Gasteiger partial charge is 0.326 e. The van der Waals surface area contributed by atoms with E-state index in [1.54, 1.807) is 11.8 Å². The molecule has 4 aliphatic carbocycles. The molecule has 0 heterocycles. The van der Waals surface area contributed by atoms with Crippen molar-refractivity contribution in [1.82, 2.24) is 5.32 Å². The minimum absolute atomic E-state index is 0.115. The van der Waals surface area contributed by atoms with E-state index in [1.165, 1.54) is 12.8 Å². The van der Waals surface area contributed by atoms with Gasteiger partial charge in [0, 0.05) is 6.42 Å². The van der Waals surface area contributed by atoms with E-state index in [0.29, 0.717) is 54.1 Å². The SMILES string of the molecule is CSCC[C@H](NC(=O)CC[C@@H](C)[C@H]1CC[C@H]2[C@@H]3CC[C@@H]4C[C@H](O)CC[C@]4(C)[C@H]3C[C@H](O)[C@]12C)C(=O)O. The van der Waals surface area contributed by atoms with Crippen LogP contribution in [0.3, 0.4) is 0 Å². The standard InChI is InChI=1S/C29H49NO5S/c1-17(5-10-26(33)30-24(27(34)35)12-14-36-4)21-8-9-22-20-7-6-18-15-19(31)11-13-28(18,2)23(20)16-25(32)29(21,22)3/h17-25,31-32H,5-16H2,1-4H3,(H,30,33)(H,34,35)/t17-,18-,19-,20+,21-,22+,23+,24+,25+,28+,29-/m1/s1. The van der Waals surface area contributed by atoms with E-state index in [4.69, 9.17) is 0 Å². The molecule has 7 heteroatoms. The van der Waals surface area contributed by atoms with Crippen LogP contribution in [0.25, 0.3) is 0 Å². The summed E-state index contributed by atoms with van der Waals surface area (Å²) in [6, 6.07) is -0.817. The Morgan fingerprint density at radius 2 is 1.78 bits per heavy atom. The van der Waals surface area contributed by atoms with Gasteiger partial charge in [-0.05, 0) is 123 Å². The van der Waals surface area contributed by atoms with Gasteiger partial charge in [-0.15, -0.1) is 0 Å². The zero-order chi connectivity index (χ0) is 26.3. The average molecular weight is 524 g/mol. The molecule has 4 fully saturated rings. The lowest BCUT2D eigenvalue weighted by Crippen LogP contribution is -2.58. The van der Waals surface area contributed by atoms with E-state index < -0.39 is 12.0 Å². The Balaban J connectivity index is 1.40. The van der Waals surface area contributed by atoms with E-state index >= 15 is 0 Å². The average Bonchev–Trinajstić information content (AvgIpc) is 3.20. The topological polar surface area (TPSA) is 107 Å². The van der Waals surface area contributed by atoms with Crippen LogP contribution in [0.4, 0.5) is 0 Å². The van der Waals surface area contributed by atoms with Crippen LogP contribution in [-0.4, -0.2) is 57.5 Å². The van der Waals surface area contributed by atoms with Crippen LogP contribution in [0.15, 0.2) is 0 Å². The molecular formula is C29H49NO5S. The summed E-state index contributed by atoms with van der Waals surface area (Å²) in [5.41, 5.74) is 0.125. The van der Waals surface area contributed by atoms with E-state index in [2.05, 4.69) is 26.1 Å². The van der Waals surface area contributed by atoms with Crippen LogP contribution in [0.1, 0.15) is 91.4 Å². The number of nitrogens with one attached hydrogen (secondary N) is 1. The van der Waals surface area contributed by atoms with Gasteiger partial charge in [0.15, 0.2) is 0 Å². The maximum atomic E-state index is 12.6. The number of carbonyl (C=O) groups excluding carboxylic acids is 1. The Bertz CT molecular complexity index is 809. The third-order valence-electron chi connectivity index (χ3n) is 11.6. The molecular weight excluding hydrogens is 474 g/mol. The molecule has 0 bridgehead atoms. The number of carboxylic acids is 1. The molecule has 6 nitrogen and oxygen atoms in total. The number of aliphatic carboxylic acids is 1. The summed E-state index contributed by atoms with van der Waals surface area (Å²) in [6.45, 7) is 7.01. The Morgan fingerprint density at radius 3 is 2.47 bits per heavy atom. The molecule has 0 aromatic carbocycles. The minimum atomic E-state index is -0.965. The van der Waals surface area contributed by atoms with Gasteiger partial charge < -0.3 is 20.6 Å². The second kappa shape index (κ2) is 11.1. The van der Waals surface area contributed by atoms with E-state index in [1.807, 2.05) is 6.26 Å². The van der Waals surface area contributed by atoms with Gasteiger partial charge in [-0.25, -0.2) is 4.79 Å². The molecule has 11 atom stereocenters. The number of fused-ring (bicyclic) bond motifs is 5. The van der Waals surface area contributed by atoms with Crippen LogP contribution in [-0.2, 0) is 9.59 Å². The molecule has 0 aromatic rings. The van der Waals surface area contributed by atoms with Crippen LogP contribution in [0.5, 0.6) is 0 Å². The van der Waals surface area contributed by atoms with Gasteiger partial charge in [0.25, 0.3) is 0 Å². The number of amides is 1. The van der Waals surface area contributed by atoms with Gasteiger partial charge in [-0.1, -0.05) is 20.8 Å². The second-order valence-electron chi connectivity index (χ2n) is 13.1. The van der Waals surface area contributed by atoms with Crippen molar-refractivity contribution in [2.45, 2.75) is 110 Å². The molecule has 0 aromatic heterocycles. The highest BCUT2D eigenvalue weighted by molar-refractivity contribution is 7.98. The van der Waals surface area contributed by atoms with Crippen molar-refractivity contribution in [3.8, 4) is 0 Å². The molecule has 0 radical (unpaired) electrons. The Hall–Kier alpha value is -0.790. The first-order valence-corrected chi connectivity index (χ1v) is 15.8. The lowest BCUT2D eigenvalue weighted by molar-refractivity contribution is -0.175. The molecule has 0 unspecified atom stereocenters. The largest absolute Gasteiger partial charge is 0.480 e. The lowest BCUT2D eigenvalue weighted by Gasteiger charge is -2.62. The molecule has 0 aliphatic heterocycles. The van der Waals surface area contributed by atoms with Gasteiger partial charge >= 0.3 is 5.97 Å². The zero-order valence-corrected chi connectivity index (χ0v) is 23.6. The molecule has 206 valence electrons. The van der Waals surface area contributed by atoms with Crippen molar-refractivity contribution in [1.29, 1.82) is 0 Å². The Kier molecular flexibility index (Phi) is 8.73. The maximum Gasteiger partial charge on any atom is 0.326 e.